The molecule has 1 aromatic carbocycles. The monoisotopic (exact) mass is 300 g/mol. The summed E-state index contributed by atoms with van der Waals surface area (Å²) in [5.74, 6) is 0.583. The van der Waals surface area contributed by atoms with Crippen molar-refractivity contribution in [3.63, 3.8) is 0 Å². The Morgan fingerprint density at radius 1 is 1.33 bits per heavy atom. The van der Waals surface area contributed by atoms with Crippen molar-refractivity contribution in [2.75, 3.05) is 11.1 Å². The maximum absolute atomic E-state index is 11.7. The number of carbonyl (C=O) groups is 1. The lowest BCUT2D eigenvalue weighted by atomic mass is 10.1. The van der Waals surface area contributed by atoms with Crippen molar-refractivity contribution in [2.45, 2.75) is 38.6 Å². The zero-order chi connectivity index (χ0) is 15.0. The van der Waals surface area contributed by atoms with Crippen molar-refractivity contribution in [2.24, 2.45) is 0 Å². The molecule has 1 aromatic heterocycles. The van der Waals surface area contributed by atoms with E-state index in [4.69, 9.17) is 5.73 Å². The van der Waals surface area contributed by atoms with Gasteiger partial charge in [-0.15, -0.1) is 11.3 Å². The van der Waals surface area contributed by atoms with Crippen LogP contribution < -0.4 is 11.1 Å². The molecule has 3 nitrogen and oxygen atoms in total. The van der Waals surface area contributed by atoms with Crippen LogP contribution in [0, 0.1) is 0 Å². The fraction of sp³-hybridized carbons (Fsp3) is 0.353. The molecule has 1 aliphatic carbocycles. The van der Waals surface area contributed by atoms with Gasteiger partial charge in [0.05, 0.1) is 15.6 Å². The lowest BCUT2D eigenvalue weighted by molar-refractivity contribution is 0.102. The molecule has 4 heteroatoms. The van der Waals surface area contributed by atoms with E-state index in [9.17, 15) is 4.79 Å². The second kappa shape index (κ2) is 5.53. The number of thiophene rings is 1. The van der Waals surface area contributed by atoms with Gasteiger partial charge in [-0.3, -0.25) is 4.79 Å². The highest BCUT2D eigenvalue weighted by Gasteiger charge is 2.32. The molecule has 0 radical (unpaired) electrons. The summed E-state index contributed by atoms with van der Waals surface area (Å²) in [6, 6.07) is 10.5. The molecule has 1 atom stereocenters. The number of rotatable bonds is 5. The van der Waals surface area contributed by atoms with Gasteiger partial charge in [0.1, 0.15) is 0 Å². The Kier molecular flexibility index (Phi) is 3.72. The Morgan fingerprint density at radius 3 is 2.57 bits per heavy atom. The van der Waals surface area contributed by atoms with Crippen LogP contribution in [0.3, 0.4) is 0 Å². The lowest BCUT2D eigenvalue weighted by Crippen LogP contribution is -2.06. The molecule has 3 rings (SSSR count). The van der Waals surface area contributed by atoms with E-state index in [1.807, 2.05) is 18.2 Å². The molecule has 110 valence electrons. The summed E-state index contributed by atoms with van der Waals surface area (Å²) in [5.41, 5.74) is 9.29. The van der Waals surface area contributed by atoms with Crippen LogP contribution in [0.1, 0.15) is 59.4 Å². The summed E-state index contributed by atoms with van der Waals surface area (Å²) >= 11 is 1.50. The first-order valence-corrected chi connectivity index (χ1v) is 8.14. The number of Topliss-reactive ketones (excluding diaryl/α,β-unsaturated/α-hetero) is 1. The molecule has 1 heterocycles. The highest BCUT2D eigenvalue weighted by molar-refractivity contribution is 7.18. The van der Waals surface area contributed by atoms with E-state index in [0.29, 0.717) is 16.5 Å². The van der Waals surface area contributed by atoms with Crippen molar-refractivity contribution >= 4 is 27.8 Å². The Balaban J connectivity index is 1.91. The van der Waals surface area contributed by atoms with Gasteiger partial charge in [0, 0.05) is 18.5 Å². The van der Waals surface area contributed by atoms with Gasteiger partial charge in [0.15, 0.2) is 5.78 Å². The van der Waals surface area contributed by atoms with E-state index in [0.717, 1.165) is 10.6 Å². The number of nitrogens with one attached hydrogen (secondary N) is 1. The molecule has 0 spiro atoms. The fourth-order valence-corrected chi connectivity index (χ4v) is 3.81. The van der Waals surface area contributed by atoms with Gasteiger partial charge in [-0.25, -0.2) is 0 Å². The minimum absolute atomic E-state index is 0.0554. The van der Waals surface area contributed by atoms with Crippen LogP contribution in [0.5, 0.6) is 0 Å². The first-order valence-electron chi connectivity index (χ1n) is 7.32. The second-order valence-electron chi connectivity index (χ2n) is 5.69. The van der Waals surface area contributed by atoms with Crippen LogP contribution in [0.4, 0.5) is 10.7 Å². The van der Waals surface area contributed by atoms with Crippen molar-refractivity contribution in [3.05, 3.63) is 46.3 Å². The van der Waals surface area contributed by atoms with Crippen LogP contribution in [-0.2, 0) is 0 Å². The molecule has 0 aliphatic heterocycles. The third-order valence-electron chi connectivity index (χ3n) is 3.94. The van der Waals surface area contributed by atoms with Crippen molar-refractivity contribution in [1.29, 1.82) is 0 Å². The number of nitrogens with two attached hydrogens (primary N) is 1. The maximum Gasteiger partial charge on any atom is 0.171 e. The molecule has 21 heavy (non-hydrogen) atoms. The summed E-state index contributed by atoms with van der Waals surface area (Å²) in [4.78, 5) is 12.4. The molecule has 3 N–H and O–H groups in total. The molecule has 0 saturated heterocycles. The number of anilines is 2. The highest BCUT2D eigenvalue weighted by Crippen LogP contribution is 2.51. The van der Waals surface area contributed by atoms with Crippen molar-refractivity contribution in [3.8, 4) is 0 Å². The number of carbonyl (C=O) groups excluding carboxylic acids is 1. The summed E-state index contributed by atoms with van der Waals surface area (Å²) in [5, 5.41) is 4.62. The van der Waals surface area contributed by atoms with Crippen LogP contribution in [0.15, 0.2) is 30.3 Å². The second-order valence-corrected chi connectivity index (χ2v) is 6.72. The van der Waals surface area contributed by atoms with Crippen LogP contribution >= 0.6 is 11.3 Å². The van der Waals surface area contributed by atoms with E-state index >= 15 is 0 Å². The Morgan fingerprint density at radius 2 is 2.00 bits per heavy atom. The van der Waals surface area contributed by atoms with Crippen LogP contribution in [-0.4, -0.2) is 5.78 Å². The number of ketones is 1. The van der Waals surface area contributed by atoms with E-state index in [1.54, 1.807) is 6.92 Å². The molecule has 1 saturated carbocycles. The van der Waals surface area contributed by atoms with Crippen molar-refractivity contribution < 1.29 is 4.79 Å². The summed E-state index contributed by atoms with van der Waals surface area (Å²) < 4.78 is 0. The van der Waals surface area contributed by atoms with Crippen LogP contribution in [0.25, 0.3) is 0 Å². The first kappa shape index (κ1) is 14.1. The third-order valence-corrected chi connectivity index (χ3v) is 5.19. The summed E-state index contributed by atoms with van der Waals surface area (Å²) in [6.07, 6.45) is 2.35. The predicted octanol–water partition coefficient (Wildman–Crippen LogP) is 4.58. The topological polar surface area (TPSA) is 55.1 Å². The molecule has 0 amide bonds. The van der Waals surface area contributed by atoms with E-state index in [-0.39, 0.29) is 11.8 Å². The highest BCUT2D eigenvalue weighted by atomic mass is 32.1. The van der Waals surface area contributed by atoms with E-state index in [1.165, 1.54) is 29.7 Å². The van der Waals surface area contributed by atoms with Gasteiger partial charge in [-0.1, -0.05) is 30.3 Å². The first-order chi connectivity index (χ1) is 10.1. The smallest absolute Gasteiger partial charge is 0.171 e. The molecule has 1 aliphatic rings. The minimum Gasteiger partial charge on any atom is -0.397 e. The van der Waals surface area contributed by atoms with Gasteiger partial charge >= 0.3 is 0 Å². The number of benzene rings is 1. The average molecular weight is 300 g/mol. The molecule has 1 fully saturated rings. The zero-order valence-corrected chi connectivity index (χ0v) is 13.2. The van der Waals surface area contributed by atoms with E-state index < -0.39 is 0 Å². The quantitative estimate of drug-likeness (QED) is 0.794. The lowest BCUT2D eigenvalue weighted by Gasteiger charge is -2.15. The predicted molar refractivity (Wildman–Crippen MR) is 89.2 cm³/mol. The largest absolute Gasteiger partial charge is 0.397 e. The zero-order valence-electron chi connectivity index (χ0n) is 12.3. The number of nitrogen functional groups attached to an aromatic ring is 1. The summed E-state index contributed by atoms with van der Waals surface area (Å²) in [7, 11) is 0. The molecular weight excluding hydrogens is 280 g/mol. The normalized spacial score (nSPS) is 15.7. The van der Waals surface area contributed by atoms with Gasteiger partial charge in [-0.2, -0.15) is 0 Å². The third kappa shape index (κ3) is 2.81. The van der Waals surface area contributed by atoms with Gasteiger partial charge in [0.25, 0.3) is 0 Å². The maximum atomic E-state index is 11.7. The molecule has 2 aromatic rings. The minimum atomic E-state index is 0.0554. The van der Waals surface area contributed by atoms with Gasteiger partial charge in [0.2, 0.25) is 0 Å². The number of hydrogen-bond donors (Lipinski definition) is 2. The molecule has 0 bridgehead atoms. The Labute approximate surface area is 129 Å². The van der Waals surface area contributed by atoms with Crippen molar-refractivity contribution in [1.82, 2.24) is 0 Å². The SMILES string of the molecule is CC(=O)c1sc(NC(C)c2ccccc2)c(C2CC2)c1N. The molecular formula is C17H20N2OS. The Hall–Kier alpha value is -1.81. The van der Waals surface area contributed by atoms with Gasteiger partial charge in [-0.05, 0) is 31.2 Å². The fourth-order valence-electron chi connectivity index (χ4n) is 2.62. The average Bonchev–Trinajstić information content (AvgIpc) is 3.24. The van der Waals surface area contributed by atoms with Crippen LogP contribution in [0.2, 0.25) is 0 Å². The Bertz CT molecular complexity index is 659. The van der Waals surface area contributed by atoms with E-state index in [2.05, 4.69) is 24.4 Å². The standard InChI is InChI=1S/C17H20N2OS/c1-10(12-6-4-3-5-7-12)19-17-14(13-8-9-13)15(18)16(21-17)11(2)20/h3-7,10,13,19H,8-9,18H2,1-2H3. The van der Waals surface area contributed by atoms with Gasteiger partial charge < -0.3 is 11.1 Å². The summed E-state index contributed by atoms with van der Waals surface area (Å²) in [6.45, 7) is 3.72. The number of hydrogen-bond acceptors (Lipinski definition) is 4. The molecule has 1 unspecified atom stereocenters.